The third-order valence-corrected chi connectivity index (χ3v) is 5.92. The SMILES string of the molecule is Cc1ccc(-c2noc(COC(=O)CN3C(=O)N[C@@]4(CCCC[C@H]4C)C3=O)n2)cc1. The van der Waals surface area contributed by atoms with Crippen molar-refractivity contribution in [2.45, 2.75) is 51.7 Å². The molecular weight excluding hydrogens is 388 g/mol. The van der Waals surface area contributed by atoms with Crippen molar-refractivity contribution < 1.29 is 23.6 Å². The van der Waals surface area contributed by atoms with E-state index < -0.39 is 24.1 Å². The number of hydrogen-bond donors (Lipinski definition) is 1. The monoisotopic (exact) mass is 412 g/mol. The summed E-state index contributed by atoms with van der Waals surface area (Å²) < 4.78 is 10.3. The number of imide groups is 1. The van der Waals surface area contributed by atoms with Crippen molar-refractivity contribution in [3.63, 3.8) is 0 Å². The molecule has 1 aromatic heterocycles. The molecule has 2 aliphatic rings. The fraction of sp³-hybridized carbons (Fsp3) is 0.476. The van der Waals surface area contributed by atoms with Crippen LogP contribution in [0.2, 0.25) is 0 Å². The summed E-state index contributed by atoms with van der Waals surface area (Å²) in [7, 11) is 0. The van der Waals surface area contributed by atoms with E-state index in [2.05, 4.69) is 15.5 Å². The number of esters is 1. The highest BCUT2D eigenvalue weighted by Crippen LogP contribution is 2.38. The van der Waals surface area contributed by atoms with Gasteiger partial charge in [-0.1, -0.05) is 54.8 Å². The molecule has 30 heavy (non-hydrogen) atoms. The summed E-state index contributed by atoms with van der Waals surface area (Å²) in [5, 5.41) is 6.69. The van der Waals surface area contributed by atoms with Crippen LogP contribution in [0, 0.1) is 12.8 Å². The average molecular weight is 412 g/mol. The molecule has 1 aliphatic carbocycles. The second kappa shape index (κ2) is 7.89. The molecule has 0 bridgehead atoms. The van der Waals surface area contributed by atoms with Crippen molar-refractivity contribution in [2.24, 2.45) is 5.92 Å². The maximum Gasteiger partial charge on any atom is 0.326 e. The number of carbonyl (C=O) groups excluding carboxylic acids is 3. The van der Waals surface area contributed by atoms with Crippen LogP contribution in [0.25, 0.3) is 11.4 Å². The Bertz CT molecular complexity index is 970. The quantitative estimate of drug-likeness (QED) is 0.593. The lowest BCUT2D eigenvalue weighted by Gasteiger charge is -2.36. The molecule has 1 aliphatic heterocycles. The second-order valence-corrected chi connectivity index (χ2v) is 7.98. The third kappa shape index (κ3) is 3.67. The summed E-state index contributed by atoms with van der Waals surface area (Å²) in [6, 6.07) is 7.06. The van der Waals surface area contributed by atoms with Crippen molar-refractivity contribution in [1.82, 2.24) is 20.4 Å². The van der Waals surface area contributed by atoms with Crippen molar-refractivity contribution in [3.8, 4) is 11.4 Å². The average Bonchev–Trinajstić information content (AvgIpc) is 3.29. The highest BCUT2D eigenvalue weighted by atomic mass is 16.6. The molecule has 2 heterocycles. The van der Waals surface area contributed by atoms with E-state index in [1.54, 1.807) is 0 Å². The van der Waals surface area contributed by atoms with E-state index >= 15 is 0 Å². The van der Waals surface area contributed by atoms with Crippen LogP contribution >= 0.6 is 0 Å². The maximum absolute atomic E-state index is 12.9. The van der Waals surface area contributed by atoms with E-state index in [0.29, 0.717) is 12.2 Å². The van der Waals surface area contributed by atoms with Gasteiger partial charge >= 0.3 is 12.0 Å². The molecule has 1 aromatic carbocycles. The van der Waals surface area contributed by atoms with E-state index in [0.717, 1.165) is 35.3 Å². The zero-order chi connectivity index (χ0) is 21.3. The van der Waals surface area contributed by atoms with Crippen LogP contribution in [-0.4, -0.2) is 45.0 Å². The van der Waals surface area contributed by atoms with Gasteiger partial charge in [0.25, 0.3) is 11.8 Å². The number of benzene rings is 1. The van der Waals surface area contributed by atoms with Crippen molar-refractivity contribution >= 4 is 17.9 Å². The lowest BCUT2D eigenvalue weighted by Crippen LogP contribution is -2.54. The van der Waals surface area contributed by atoms with Crippen molar-refractivity contribution in [3.05, 3.63) is 35.7 Å². The van der Waals surface area contributed by atoms with Gasteiger partial charge in [0.05, 0.1) is 0 Å². The van der Waals surface area contributed by atoms with Gasteiger partial charge in [-0.15, -0.1) is 0 Å². The number of ether oxygens (including phenoxy) is 1. The molecular formula is C21H24N4O5. The van der Waals surface area contributed by atoms with Gasteiger partial charge in [-0.25, -0.2) is 4.79 Å². The van der Waals surface area contributed by atoms with Crippen LogP contribution in [0.3, 0.4) is 0 Å². The Balaban J connectivity index is 1.35. The number of amides is 3. The summed E-state index contributed by atoms with van der Waals surface area (Å²) in [5.74, 6) is -0.510. The Hall–Kier alpha value is -3.23. The van der Waals surface area contributed by atoms with E-state index in [1.165, 1.54) is 0 Å². The van der Waals surface area contributed by atoms with Crippen LogP contribution in [0.1, 0.15) is 44.1 Å². The van der Waals surface area contributed by atoms with Gasteiger partial charge in [0.15, 0.2) is 6.61 Å². The summed E-state index contributed by atoms with van der Waals surface area (Å²) >= 11 is 0. The molecule has 2 atom stereocenters. The van der Waals surface area contributed by atoms with Gasteiger partial charge < -0.3 is 14.6 Å². The van der Waals surface area contributed by atoms with Gasteiger partial charge in [0.2, 0.25) is 5.82 Å². The van der Waals surface area contributed by atoms with Crippen LogP contribution in [0.15, 0.2) is 28.8 Å². The number of hydrogen-bond acceptors (Lipinski definition) is 7. The Morgan fingerprint density at radius 1 is 1.30 bits per heavy atom. The number of nitrogens with one attached hydrogen (secondary N) is 1. The molecule has 158 valence electrons. The Morgan fingerprint density at radius 2 is 2.07 bits per heavy atom. The highest BCUT2D eigenvalue weighted by molar-refractivity contribution is 6.08. The minimum absolute atomic E-state index is 0.0299. The molecule has 1 spiro atoms. The first-order chi connectivity index (χ1) is 14.4. The number of nitrogens with zero attached hydrogens (tertiary/aromatic N) is 3. The molecule has 1 saturated heterocycles. The molecule has 0 unspecified atom stereocenters. The second-order valence-electron chi connectivity index (χ2n) is 7.98. The molecule has 2 fully saturated rings. The summed E-state index contributed by atoms with van der Waals surface area (Å²) in [5.41, 5.74) is 1.000. The first kappa shape index (κ1) is 20.1. The minimum atomic E-state index is -0.898. The third-order valence-electron chi connectivity index (χ3n) is 5.92. The number of carbonyl (C=O) groups is 3. The van der Waals surface area contributed by atoms with Gasteiger partial charge in [-0.2, -0.15) is 4.98 Å². The smallest absolute Gasteiger partial charge is 0.326 e. The van der Waals surface area contributed by atoms with Gasteiger partial charge in [0, 0.05) is 5.56 Å². The predicted octanol–water partition coefficient (Wildman–Crippen LogP) is 2.59. The molecule has 0 radical (unpaired) electrons. The van der Waals surface area contributed by atoms with E-state index in [9.17, 15) is 14.4 Å². The van der Waals surface area contributed by atoms with Crippen LogP contribution in [0.5, 0.6) is 0 Å². The Morgan fingerprint density at radius 3 is 2.80 bits per heavy atom. The van der Waals surface area contributed by atoms with Crippen molar-refractivity contribution in [1.29, 1.82) is 0 Å². The van der Waals surface area contributed by atoms with Crippen LogP contribution in [-0.2, 0) is 20.9 Å². The Kier molecular flexibility index (Phi) is 5.27. The largest absolute Gasteiger partial charge is 0.454 e. The topological polar surface area (TPSA) is 115 Å². The van der Waals surface area contributed by atoms with Crippen molar-refractivity contribution in [2.75, 3.05) is 6.54 Å². The summed E-state index contributed by atoms with van der Waals surface area (Å²) in [6.07, 6.45) is 3.36. The fourth-order valence-corrected chi connectivity index (χ4v) is 4.09. The van der Waals surface area contributed by atoms with Crippen LogP contribution in [0.4, 0.5) is 4.79 Å². The lowest BCUT2D eigenvalue weighted by molar-refractivity contribution is -0.150. The lowest BCUT2D eigenvalue weighted by atomic mass is 9.73. The number of aromatic nitrogens is 2. The number of urea groups is 1. The molecule has 2 aromatic rings. The standard InChI is InChI=1S/C21H24N4O5/c1-13-6-8-15(9-7-13)18-22-16(30-24-18)12-29-17(26)11-25-19(27)21(23-20(25)28)10-4-3-5-14(21)2/h6-9,14H,3-5,10-12H2,1-2H3,(H,23,28)/t14-,21-/m1/s1. The maximum atomic E-state index is 12.9. The fourth-order valence-electron chi connectivity index (χ4n) is 4.09. The normalized spacial score (nSPS) is 23.7. The van der Waals surface area contributed by atoms with Gasteiger partial charge in [0.1, 0.15) is 12.1 Å². The zero-order valence-corrected chi connectivity index (χ0v) is 17.0. The summed E-state index contributed by atoms with van der Waals surface area (Å²) in [6.45, 7) is 3.26. The van der Waals surface area contributed by atoms with E-state index in [4.69, 9.17) is 9.26 Å². The zero-order valence-electron chi connectivity index (χ0n) is 17.0. The molecule has 1 saturated carbocycles. The van der Waals surface area contributed by atoms with Crippen LogP contribution < -0.4 is 5.32 Å². The Labute approximate surface area is 173 Å². The first-order valence-electron chi connectivity index (χ1n) is 10.1. The predicted molar refractivity (Wildman–Crippen MR) is 105 cm³/mol. The molecule has 3 amide bonds. The number of rotatable bonds is 5. The van der Waals surface area contributed by atoms with E-state index in [1.807, 2.05) is 38.1 Å². The highest BCUT2D eigenvalue weighted by Gasteiger charge is 2.55. The molecule has 9 heteroatoms. The first-order valence-corrected chi connectivity index (χ1v) is 10.1. The van der Waals surface area contributed by atoms with Gasteiger partial charge in [-0.05, 0) is 25.7 Å². The molecule has 1 N–H and O–H groups in total. The number of aryl methyl sites for hydroxylation is 1. The van der Waals surface area contributed by atoms with E-state index in [-0.39, 0.29) is 24.3 Å². The molecule has 9 nitrogen and oxygen atoms in total. The van der Waals surface area contributed by atoms with Gasteiger partial charge in [-0.3, -0.25) is 14.5 Å². The minimum Gasteiger partial charge on any atom is -0.454 e. The molecule has 4 rings (SSSR count). The summed E-state index contributed by atoms with van der Waals surface area (Å²) in [4.78, 5) is 42.6.